The maximum absolute atomic E-state index is 14.1. The summed E-state index contributed by atoms with van der Waals surface area (Å²) in [5.41, 5.74) is 2.06. The van der Waals surface area contributed by atoms with E-state index in [9.17, 15) is 4.39 Å². The van der Waals surface area contributed by atoms with Gasteiger partial charge in [-0.2, -0.15) is 0 Å². The lowest BCUT2D eigenvalue weighted by molar-refractivity contribution is 0.116. The van der Waals surface area contributed by atoms with Crippen molar-refractivity contribution in [1.29, 1.82) is 0 Å². The van der Waals surface area contributed by atoms with Crippen LogP contribution in [0.1, 0.15) is 50.7 Å². The molecule has 2 aliphatic rings. The maximum atomic E-state index is 14.1. The lowest BCUT2D eigenvalue weighted by Crippen LogP contribution is -2.40. The number of halogens is 1. The van der Waals surface area contributed by atoms with Gasteiger partial charge in [-0.05, 0) is 50.2 Å². The molecule has 1 saturated heterocycles. The van der Waals surface area contributed by atoms with Gasteiger partial charge < -0.3 is 5.32 Å². The van der Waals surface area contributed by atoms with Gasteiger partial charge in [0, 0.05) is 37.3 Å². The first-order valence-electron chi connectivity index (χ1n) is 8.36. The average molecular weight is 290 g/mol. The van der Waals surface area contributed by atoms with E-state index in [0.717, 1.165) is 31.1 Å². The first-order valence-corrected chi connectivity index (χ1v) is 8.36. The smallest absolute Gasteiger partial charge is 0.127 e. The van der Waals surface area contributed by atoms with Crippen LogP contribution in [0.2, 0.25) is 0 Å². The highest BCUT2D eigenvalue weighted by Gasteiger charge is 2.24. The molecular formula is C18H27FN2. The van der Waals surface area contributed by atoms with Crippen molar-refractivity contribution in [3.05, 3.63) is 35.1 Å². The van der Waals surface area contributed by atoms with Crippen LogP contribution >= 0.6 is 0 Å². The average Bonchev–Trinajstić information content (AvgIpc) is 3.28. The Bertz CT molecular complexity index is 484. The number of hydrogen-bond donors (Lipinski definition) is 1. The van der Waals surface area contributed by atoms with Crippen LogP contribution in [0.4, 0.5) is 4.39 Å². The standard InChI is InChI=1S/C18H27FN2/c1-13-3-4-14(2)21(11-13)12-16-9-15(5-8-18(16)19)10-20-17-6-7-17/h5,8-9,13-14,17,20H,3-4,6-7,10-12H2,1-2H3. The van der Waals surface area contributed by atoms with Crippen LogP contribution in [0, 0.1) is 11.7 Å². The monoisotopic (exact) mass is 290 g/mol. The number of rotatable bonds is 5. The minimum atomic E-state index is -0.0596. The van der Waals surface area contributed by atoms with Crippen LogP contribution in [0.25, 0.3) is 0 Å². The highest BCUT2D eigenvalue weighted by atomic mass is 19.1. The molecule has 0 aromatic heterocycles. The summed E-state index contributed by atoms with van der Waals surface area (Å²) in [5, 5.41) is 3.50. The molecule has 3 heteroatoms. The van der Waals surface area contributed by atoms with Crippen LogP contribution in [0.5, 0.6) is 0 Å². The van der Waals surface area contributed by atoms with Gasteiger partial charge in [0.15, 0.2) is 0 Å². The van der Waals surface area contributed by atoms with Crippen LogP contribution in [0.15, 0.2) is 18.2 Å². The normalized spacial score (nSPS) is 27.0. The molecule has 1 N–H and O–H groups in total. The molecule has 0 spiro atoms. The number of nitrogens with one attached hydrogen (secondary N) is 1. The third-order valence-corrected chi connectivity index (χ3v) is 4.90. The molecule has 1 aromatic rings. The van der Waals surface area contributed by atoms with E-state index < -0.39 is 0 Å². The van der Waals surface area contributed by atoms with Crippen molar-refractivity contribution in [1.82, 2.24) is 10.2 Å². The number of piperidine rings is 1. The topological polar surface area (TPSA) is 15.3 Å². The van der Waals surface area contributed by atoms with E-state index >= 15 is 0 Å². The number of hydrogen-bond acceptors (Lipinski definition) is 2. The van der Waals surface area contributed by atoms with Crippen LogP contribution < -0.4 is 5.32 Å². The molecule has 0 amide bonds. The Kier molecular flexibility index (Phi) is 4.60. The zero-order valence-corrected chi connectivity index (χ0v) is 13.2. The van der Waals surface area contributed by atoms with E-state index in [1.165, 1.54) is 31.2 Å². The lowest BCUT2D eigenvalue weighted by atomic mass is 9.94. The van der Waals surface area contributed by atoms with Gasteiger partial charge in [0.1, 0.15) is 5.82 Å². The van der Waals surface area contributed by atoms with Crippen molar-refractivity contribution >= 4 is 0 Å². The van der Waals surface area contributed by atoms with Crippen LogP contribution in [0.3, 0.4) is 0 Å². The molecule has 116 valence electrons. The quantitative estimate of drug-likeness (QED) is 0.889. The summed E-state index contributed by atoms with van der Waals surface area (Å²) in [4.78, 5) is 2.44. The summed E-state index contributed by atoms with van der Waals surface area (Å²) in [6, 6.07) is 6.86. The van der Waals surface area contributed by atoms with Gasteiger partial charge in [-0.1, -0.05) is 19.1 Å². The van der Waals surface area contributed by atoms with Crippen molar-refractivity contribution < 1.29 is 4.39 Å². The predicted octanol–water partition coefficient (Wildman–Crippen LogP) is 3.70. The van der Waals surface area contributed by atoms with Crippen molar-refractivity contribution in [2.75, 3.05) is 6.54 Å². The molecule has 2 atom stereocenters. The Balaban J connectivity index is 1.66. The van der Waals surface area contributed by atoms with Crippen molar-refractivity contribution in [2.45, 2.75) is 64.7 Å². The Labute approximate surface area is 127 Å². The summed E-state index contributed by atoms with van der Waals surface area (Å²) in [6.07, 6.45) is 5.10. The summed E-state index contributed by atoms with van der Waals surface area (Å²) >= 11 is 0. The van der Waals surface area contributed by atoms with E-state index in [2.05, 4.69) is 30.1 Å². The van der Waals surface area contributed by atoms with Crippen molar-refractivity contribution in [2.24, 2.45) is 5.92 Å². The van der Waals surface area contributed by atoms with E-state index in [-0.39, 0.29) is 5.82 Å². The molecule has 2 unspecified atom stereocenters. The molecular weight excluding hydrogens is 263 g/mol. The Hall–Kier alpha value is -0.930. The Morgan fingerprint density at radius 2 is 2.00 bits per heavy atom. The third-order valence-electron chi connectivity index (χ3n) is 4.90. The number of likely N-dealkylation sites (tertiary alicyclic amines) is 1. The molecule has 0 bridgehead atoms. The van der Waals surface area contributed by atoms with E-state index in [4.69, 9.17) is 0 Å². The molecule has 0 radical (unpaired) electrons. The molecule has 1 aromatic carbocycles. The van der Waals surface area contributed by atoms with Crippen molar-refractivity contribution in [3.63, 3.8) is 0 Å². The summed E-state index contributed by atoms with van der Waals surface area (Å²) in [6.45, 7) is 7.26. The van der Waals surface area contributed by atoms with Gasteiger partial charge >= 0.3 is 0 Å². The Morgan fingerprint density at radius 1 is 1.19 bits per heavy atom. The first-order chi connectivity index (χ1) is 10.1. The lowest BCUT2D eigenvalue weighted by Gasteiger charge is -2.36. The van der Waals surface area contributed by atoms with Gasteiger partial charge in [-0.3, -0.25) is 4.90 Å². The first kappa shape index (κ1) is 15.0. The van der Waals surface area contributed by atoms with E-state index in [0.29, 0.717) is 12.1 Å². The summed E-state index contributed by atoms with van der Waals surface area (Å²) < 4.78 is 14.1. The SMILES string of the molecule is CC1CCC(C)N(Cc2cc(CNC3CC3)ccc2F)C1. The second-order valence-electron chi connectivity index (χ2n) is 7.04. The van der Waals surface area contributed by atoms with Gasteiger partial charge in [0.2, 0.25) is 0 Å². The number of nitrogens with zero attached hydrogens (tertiary/aromatic N) is 1. The number of benzene rings is 1. The minimum absolute atomic E-state index is 0.0596. The second kappa shape index (κ2) is 6.45. The van der Waals surface area contributed by atoms with E-state index in [1.54, 1.807) is 6.07 Å². The molecule has 3 rings (SSSR count). The molecule has 1 saturated carbocycles. The fourth-order valence-electron chi connectivity index (χ4n) is 3.23. The largest absolute Gasteiger partial charge is 0.310 e. The fourth-order valence-corrected chi connectivity index (χ4v) is 3.23. The summed E-state index contributed by atoms with van der Waals surface area (Å²) in [5.74, 6) is 0.666. The van der Waals surface area contributed by atoms with Gasteiger partial charge in [0.05, 0.1) is 0 Å². The highest BCUT2D eigenvalue weighted by molar-refractivity contribution is 5.25. The van der Waals surface area contributed by atoms with Crippen molar-refractivity contribution in [3.8, 4) is 0 Å². The van der Waals surface area contributed by atoms with E-state index in [1.807, 2.05) is 6.07 Å². The third kappa shape index (κ3) is 4.04. The zero-order valence-electron chi connectivity index (χ0n) is 13.2. The molecule has 2 fully saturated rings. The second-order valence-corrected chi connectivity index (χ2v) is 7.04. The fraction of sp³-hybridized carbons (Fsp3) is 0.667. The zero-order chi connectivity index (χ0) is 14.8. The maximum Gasteiger partial charge on any atom is 0.127 e. The Morgan fingerprint density at radius 3 is 2.76 bits per heavy atom. The summed E-state index contributed by atoms with van der Waals surface area (Å²) in [7, 11) is 0. The predicted molar refractivity (Wildman–Crippen MR) is 84.5 cm³/mol. The van der Waals surface area contributed by atoms with Gasteiger partial charge in [-0.25, -0.2) is 4.39 Å². The molecule has 2 nitrogen and oxygen atoms in total. The van der Waals surface area contributed by atoms with Crippen LogP contribution in [-0.2, 0) is 13.1 Å². The molecule has 21 heavy (non-hydrogen) atoms. The minimum Gasteiger partial charge on any atom is -0.310 e. The van der Waals surface area contributed by atoms with Gasteiger partial charge in [-0.15, -0.1) is 0 Å². The van der Waals surface area contributed by atoms with Gasteiger partial charge in [0.25, 0.3) is 0 Å². The molecule has 1 aliphatic carbocycles. The molecule has 1 aliphatic heterocycles. The molecule has 1 heterocycles. The van der Waals surface area contributed by atoms with Crippen LogP contribution in [-0.4, -0.2) is 23.5 Å². The highest BCUT2D eigenvalue weighted by Crippen LogP contribution is 2.25.